The Labute approximate surface area is 112 Å². The molecule has 18 heavy (non-hydrogen) atoms. The van der Waals surface area contributed by atoms with E-state index in [0.717, 1.165) is 16.8 Å². The number of nitrogens with one attached hydrogen (secondary N) is 1. The smallest absolute Gasteiger partial charge is 0.225 e. The van der Waals surface area contributed by atoms with Gasteiger partial charge in [0, 0.05) is 23.6 Å². The van der Waals surface area contributed by atoms with Gasteiger partial charge in [0.1, 0.15) is 0 Å². The molecule has 0 saturated carbocycles. The van der Waals surface area contributed by atoms with Gasteiger partial charge in [0.2, 0.25) is 5.91 Å². The molecule has 0 atom stereocenters. The second kappa shape index (κ2) is 6.22. The van der Waals surface area contributed by atoms with E-state index >= 15 is 0 Å². The molecule has 0 aliphatic heterocycles. The lowest BCUT2D eigenvalue weighted by atomic mass is 10.0. The summed E-state index contributed by atoms with van der Waals surface area (Å²) in [5.74, 6) is 0.271. The van der Waals surface area contributed by atoms with Gasteiger partial charge in [0.05, 0.1) is 0 Å². The lowest BCUT2D eigenvalue weighted by Gasteiger charge is -2.10. The molecule has 0 heterocycles. The molecule has 3 heteroatoms. The Kier molecular flexibility index (Phi) is 4.37. The van der Waals surface area contributed by atoms with Crippen LogP contribution in [0.1, 0.15) is 6.42 Å². The molecule has 1 amide bonds. The Bertz CT molecular complexity index is 525. The third-order valence-corrected chi connectivity index (χ3v) is 2.80. The summed E-state index contributed by atoms with van der Waals surface area (Å²) in [7, 11) is 0. The number of carbonyl (C=O) groups is 1. The number of rotatable bonds is 4. The highest BCUT2D eigenvalue weighted by atomic mass is 35.5. The first-order chi connectivity index (χ1) is 8.81. The largest absolute Gasteiger partial charge is 0.325 e. The topological polar surface area (TPSA) is 29.1 Å². The number of anilines is 1. The lowest BCUT2D eigenvalue weighted by molar-refractivity contribution is -0.115. The van der Waals surface area contributed by atoms with Crippen molar-refractivity contribution in [2.45, 2.75) is 6.42 Å². The predicted octanol–water partition coefficient (Wildman–Crippen LogP) is 3.92. The molecule has 2 nitrogen and oxygen atoms in total. The van der Waals surface area contributed by atoms with Crippen LogP contribution in [0.5, 0.6) is 0 Å². The van der Waals surface area contributed by atoms with Crippen LogP contribution in [0.4, 0.5) is 5.69 Å². The summed E-state index contributed by atoms with van der Waals surface area (Å²) in [6.45, 7) is 0. The molecule has 0 aromatic heterocycles. The molecule has 1 N–H and O–H groups in total. The van der Waals surface area contributed by atoms with E-state index in [1.807, 2.05) is 54.6 Å². The lowest BCUT2D eigenvalue weighted by Crippen LogP contribution is -2.12. The van der Waals surface area contributed by atoms with Crippen molar-refractivity contribution in [2.24, 2.45) is 0 Å². The van der Waals surface area contributed by atoms with Gasteiger partial charge >= 0.3 is 0 Å². The van der Waals surface area contributed by atoms with Gasteiger partial charge < -0.3 is 5.32 Å². The Hall–Kier alpha value is -1.80. The van der Waals surface area contributed by atoms with E-state index in [4.69, 9.17) is 11.6 Å². The summed E-state index contributed by atoms with van der Waals surface area (Å²) in [6.07, 6.45) is 0.324. The maximum absolute atomic E-state index is 11.6. The minimum Gasteiger partial charge on any atom is -0.325 e. The van der Waals surface area contributed by atoms with Crippen molar-refractivity contribution < 1.29 is 4.79 Å². The van der Waals surface area contributed by atoms with E-state index in [9.17, 15) is 4.79 Å². The number of para-hydroxylation sites is 1. The molecular weight excluding hydrogens is 246 g/mol. The van der Waals surface area contributed by atoms with Crippen molar-refractivity contribution in [3.05, 3.63) is 54.6 Å². The first-order valence-corrected chi connectivity index (χ1v) is 6.35. The zero-order valence-electron chi connectivity index (χ0n) is 9.90. The minimum atomic E-state index is -0.0617. The van der Waals surface area contributed by atoms with Gasteiger partial charge in [-0.05, 0) is 11.6 Å². The Morgan fingerprint density at radius 1 is 1.00 bits per heavy atom. The highest BCUT2D eigenvalue weighted by molar-refractivity contribution is 6.19. The fraction of sp³-hybridized carbons (Fsp3) is 0.133. The minimum absolute atomic E-state index is 0.0617. The van der Waals surface area contributed by atoms with Crippen LogP contribution in [0.15, 0.2) is 54.6 Å². The van der Waals surface area contributed by atoms with Crippen LogP contribution in [-0.4, -0.2) is 11.8 Å². The Morgan fingerprint density at radius 2 is 1.67 bits per heavy atom. The molecule has 0 fully saturated rings. The predicted molar refractivity (Wildman–Crippen MR) is 75.8 cm³/mol. The number of carbonyl (C=O) groups excluding carboxylic acids is 1. The Morgan fingerprint density at radius 3 is 2.39 bits per heavy atom. The zero-order valence-corrected chi connectivity index (χ0v) is 10.7. The third-order valence-electron chi connectivity index (χ3n) is 2.61. The molecule has 0 bridgehead atoms. The monoisotopic (exact) mass is 259 g/mol. The molecule has 2 aromatic rings. The van der Waals surface area contributed by atoms with Gasteiger partial charge in [-0.2, -0.15) is 0 Å². The van der Waals surface area contributed by atoms with Crippen LogP contribution >= 0.6 is 11.6 Å². The molecule has 2 aromatic carbocycles. The molecule has 2 rings (SSSR count). The van der Waals surface area contributed by atoms with Gasteiger partial charge in [-0.15, -0.1) is 11.6 Å². The molecule has 0 saturated heterocycles. The number of halogens is 1. The van der Waals surface area contributed by atoms with Crippen molar-refractivity contribution in [3.63, 3.8) is 0 Å². The number of amides is 1. The third kappa shape index (κ3) is 3.11. The van der Waals surface area contributed by atoms with Crippen molar-refractivity contribution in [1.82, 2.24) is 0 Å². The highest BCUT2D eigenvalue weighted by Crippen LogP contribution is 2.27. The van der Waals surface area contributed by atoms with Gasteiger partial charge in [-0.25, -0.2) is 0 Å². The van der Waals surface area contributed by atoms with E-state index in [2.05, 4.69) is 5.32 Å². The van der Waals surface area contributed by atoms with E-state index in [-0.39, 0.29) is 5.91 Å². The first kappa shape index (κ1) is 12.7. The first-order valence-electron chi connectivity index (χ1n) is 5.81. The van der Waals surface area contributed by atoms with Crippen LogP contribution in [0, 0.1) is 0 Å². The SMILES string of the molecule is O=C(CCCl)Nc1ccccc1-c1ccccc1. The standard InChI is InChI=1S/C15H14ClNO/c16-11-10-15(18)17-14-9-5-4-8-13(14)12-6-2-1-3-7-12/h1-9H,10-11H2,(H,17,18). The summed E-state index contributed by atoms with van der Waals surface area (Å²) in [6, 6.07) is 17.7. The molecule has 0 radical (unpaired) electrons. The maximum atomic E-state index is 11.6. The molecule has 0 unspecified atom stereocenters. The van der Waals surface area contributed by atoms with E-state index < -0.39 is 0 Å². The average Bonchev–Trinajstić information content (AvgIpc) is 2.40. The highest BCUT2D eigenvalue weighted by Gasteiger charge is 2.07. The molecular formula is C15H14ClNO. The van der Waals surface area contributed by atoms with Crippen LogP contribution in [0.25, 0.3) is 11.1 Å². The van der Waals surface area contributed by atoms with E-state index in [0.29, 0.717) is 12.3 Å². The summed E-state index contributed by atoms with van der Waals surface area (Å²) in [5, 5.41) is 2.89. The zero-order chi connectivity index (χ0) is 12.8. The molecule has 92 valence electrons. The average molecular weight is 260 g/mol. The van der Waals surface area contributed by atoms with E-state index in [1.165, 1.54) is 0 Å². The summed E-state index contributed by atoms with van der Waals surface area (Å²) < 4.78 is 0. The van der Waals surface area contributed by atoms with Gasteiger partial charge in [0.25, 0.3) is 0 Å². The quantitative estimate of drug-likeness (QED) is 0.829. The second-order valence-electron chi connectivity index (χ2n) is 3.90. The van der Waals surface area contributed by atoms with Crippen LogP contribution in [-0.2, 0) is 4.79 Å². The fourth-order valence-electron chi connectivity index (χ4n) is 1.76. The van der Waals surface area contributed by atoms with Gasteiger partial charge in [0.15, 0.2) is 0 Å². The van der Waals surface area contributed by atoms with Crippen molar-refractivity contribution in [3.8, 4) is 11.1 Å². The maximum Gasteiger partial charge on any atom is 0.225 e. The summed E-state index contributed by atoms with van der Waals surface area (Å²) in [4.78, 5) is 11.6. The second-order valence-corrected chi connectivity index (χ2v) is 4.28. The van der Waals surface area contributed by atoms with Gasteiger partial charge in [-0.1, -0.05) is 48.5 Å². The van der Waals surface area contributed by atoms with Crippen LogP contribution in [0.3, 0.4) is 0 Å². The van der Waals surface area contributed by atoms with Crippen molar-refractivity contribution in [2.75, 3.05) is 11.2 Å². The van der Waals surface area contributed by atoms with Gasteiger partial charge in [-0.3, -0.25) is 4.79 Å². The number of hydrogen-bond acceptors (Lipinski definition) is 1. The Balaban J connectivity index is 2.29. The van der Waals surface area contributed by atoms with E-state index in [1.54, 1.807) is 0 Å². The normalized spacial score (nSPS) is 10.1. The van der Waals surface area contributed by atoms with Crippen molar-refractivity contribution >= 4 is 23.2 Å². The number of hydrogen-bond donors (Lipinski definition) is 1. The molecule has 0 aliphatic rings. The fourth-order valence-corrected chi connectivity index (χ4v) is 1.93. The van der Waals surface area contributed by atoms with Crippen LogP contribution in [0.2, 0.25) is 0 Å². The number of benzene rings is 2. The molecule has 0 spiro atoms. The summed E-state index contributed by atoms with van der Waals surface area (Å²) in [5.41, 5.74) is 2.92. The number of alkyl halides is 1. The molecule has 0 aliphatic carbocycles. The van der Waals surface area contributed by atoms with Crippen LogP contribution < -0.4 is 5.32 Å². The van der Waals surface area contributed by atoms with Crippen molar-refractivity contribution in [1.29, 1.82) is 0 Å². The summed E-state index contributed by atoms with van der Waals surface area (Å²) >= 11 is 5.56.